The van der Waals surface area contributed by atoms with E-state index in [0.29, 0.717) is 17.1 Å². The van der Waals surface area contributed by atoms with E-state index in [1.165, 1.54) is 18.8 Å². The van der Waals surface area contributed by atoms with Gasteiger partial charge in [-0.3, -0.25) is 19.7 Å². The van der Waals surface area contributed by atoms with E-state index < -0.39 is 23.0 Å². The molecular weight excluding hydrogens is 378 g/mol. The number of ketones is 1. The van der Waals surface area contributed by atoms with Gasteiger partial charge in [-0.15, -0.1) is 0 Å². The molecule has 0 unspecified atom stereocenters. The standard InChI is InChI=1S/C21H14F2N4O2/c1-12-2-3-13(20-10-25-11-29-20)4-15(12)18-9-26-14(6-27-18)5-19(28)21-16(22)7-24-8-17(21)23/h2-4,6-11H,5H2,1H3. The number of halogens is 2. The lowest BCUT2D eigenvalue weighted by Gasteiger charge is -2.08. The van der Waals surface area contributed by atoms with E-state index in [1.54, 1.807) is 6.20 Å². The molecule has 6 nitrogen and oxygen atoms in total. The molecule has 0 radical (unpaired) electrons. The predicted octanol–water partition coefficient (Wildman–Crippen LogP) is 4.21. The molecule has 4 rings (SSSR count). The van der Waals surface area contributed by atoms with Gasteiger partial charge in [0.25, 0.3) is 0 Å². The lowest BCUT2D eigenvalue weighted by Crippen LogP contribution is -2.11. The van der Waals surface area contributed by atoms with Crippen LogP contribution in [0.2, 0.25) is 0 Å². The Bertz CT molecular complexity index is 1160. The molecule has 144 valence electrons. The molecule has 0 N–H and O–H groups in total. The van der Waals surface area contributed by atoms with Gasteiger partial charge in [0, 0.05) is 17.3 Å². The average Bonchev–Trinajstić information content (AvgIpc) is 3.24. The molecule has 0 fully saturated rings. The minimum Gasteiger partial charge on any atom is -0.444 e. The molecule has 0 aliphatic carbocycles. The number of aryl methyl sites for hydroxylation is 1. The van der Waals surface area contributed by atoms with E-state index in [4.69, 9.17) is 4.42 Å². The number of carbonyl (C=O) groups excluding carboxylic acids is 1. The fourth-order valence-corrected chi connectivity index (χ4v) is 2.93. The molecule has 0 amide bonds. The van der Waals surface area contributed by atoms with Gasteiger partial charge in [-0.2, -0.15) is 0 Å². The van der Waals surface area contributed by atoms with E-state index in [9.17, 15) is 13.6 Å². The third kappa shape index (κ3) is 3.77. The van der Waals surface area contributed by atoms with Crippen LogP contribution in [-0.4, -0.2) is 25.7 Å². The minimum atomic E-state index is -1.00. The Hall–Kier alpha value is -3.81. The smallest absolute Gasteiger partial charge is 0.181 e. The summed E-state index contributed by atoms with van der Waals surface area (Å²) in [5.74, 6) is -2.10. The predicted molar refractivity (Wildman–Crippen MR) is 99.9 cm³/mol. The molecule has 0 saturated carbocycles. The maximum absolute atomic E-state index is 13.7. The zero-order valence-electron chi connectivity index (χ0n) is 15.3. The van der Waals surface area contributed by atoms with E-state index >= 15 is 0 Å². The van der Waals surface area contributed by atoms with Crippen molar-refractivity contribution in [2.24, 2.45) is 0 Å². The number of carbonyl (C=O) groups is 1. The van der Waals surface area contributed by atoms with Crippen LogP contribution in [0, 0.1) is 18.6 Å². The number of rotatable bonds is 5. The number of pyridine rings is 1. The topological polar surface area (TPSA) is 81.8 Å². The van der Waals surface area contributed by atoms with Crippen molar-refractivity contribution < 1.29 is 18.0 Å². The largest absolute Gasteiger partial charge is 0.444 e. The van der Waals surface area contributed by atoms with E-state index in [1.807, 2.05) is 25.1 Å². The van der Waals surface area contributed by atoms with Crippen molar-refractivity contribution in [2.45, 2.75) is 13.3 Å². The minimum absolute atomic E-state index is 0.276. The Morgan fingerprint density at radius 1 is 1.00 bits per heavy atom. The lowest BCUT2D eigenvalue weighted by atomic mass is 10.0. The van der Waals surface area contributed by atoms with Gasteiger partial charge in [0.15, 0.2) is 29.6 Å². The molecular formula is C21H14F2N4O2. The molecule has 29 heavy (non-hydrogen) atoms. The molecule has 0 bridgehead atoms. The van der Waals surface area contributed by atoms with Crippen LogP contribution in [0.3, 0.4) is 0 Å². The van der Waals surface area contributed by atoms with Crippen LogP contribution < -0.4 is 0 Å². The highest BCUT2D eigenvalue weighted by Gasteiger charge is 2.19. The second-order valence-corrected chi connectivity index (χ2v) is 6.37. The first kappa shape index (κ1) is 18.5. The van der Waals surface area contributed by atoms with Crippen LogP contribution in [0.4, 0.5) is 8.78 Å². The highest BCUT2D eigenvalue weighted by atomic mass is 19.1. The van der Waals surface area contributed by atoms with Crippen molar-refractivity contribution in [1.82, 2.24) is 19.9 Å². The second-order valence-electron chi connectivity index (χ2n) is 6.37. The summed E-state index contributed by atoms with van der Waals surface area (Å²) >= 11 is 0. The summed E-state index contributed by atoms with van der Waals surface area (Å²) in [5.41, 5.74) is 2.94. The molecule has 8 heteroatoms. The van der Waals surface area contributed by atoms with Crippen molar-refractivity contribution in [1.29, 1.82) is 0 Å². The van der Waals surface area contributed by atoms with Gasteiger partial charge in [0.05, 0.1) is 48.2 Å². The number of nitrogens with zero attached hydrogens (tertiary/aromatic N) is 4. The van der Waals surface area contributed by atoms with Crippen LogP contribution in [0.1, 0.15) is 21.6 Å². The fraction of sp³-hybridized carbons (Fsp3) is 0.0952. The van der Waals surface area contributed by atoms with Crippen molar-refractivity contribution >= 4 is 5.78 Å². The highest BCUT2D eigenvalue weighted by Crippen LogP contribution is 2.28. The fourth-order valence-electron chi connectivity index (χ4n) is 2.93. The van der Waals surface area contributed by atoms with Gasteiger partial charge in [-0.25, -0.2) is 13.8 Å². The number of aromatic nitrogens is 4. The van der Waals surface area contributed by atoms with E-state index in [0.717, 1.165) is 29.1 Å². The van der Waals surface area contributed by atoms with Gasteiger partial charge < -0.3 is 4.42 Å². The van der Waals surface area contributed by atoms with Crippen molar-refractivity contribution in [3.63, 3.8) is 0 Å². The molecule has 0 aliphatic rings. The second kappa shape index (κ2) is 7.67. The normalized spacial score (nSPS) is 10.9. The molecule has 3 heterocycles. The number of oxazole rings is 1. The Morgan fingerprint density at radius 3 is 2.45 bits per heavy atom. The van der Waals surface area contributed by atoms with Gasteiger partial charge in [-0.1, -0.05) is 12.1 Å². The Morgan fingerprint density at radius 2 is 1.79 bits per heavy atom. The average molecular weight is 392 g/mol. The summed E-state index contributed by atoms with van der Waals surface area (Å²) in [6.07, 6.45) is 7.24. The molecule has 3 aromatic heterocycles. The summed E-state index contributed by atoms with van der Waals surface area (Å²) in [7, 11) is 0. The summed E-state index contributed by atoms with van der Waals surface area (Å²) in [4.78, 5) is 28.1. The van der Waals surface area contributed by atoms with Gasteiger partial charge in [-0.05, 0) is 18.6 Å². The van der Waals surface area contributed by atoms with Gasteiger partial charge >= 0.3 is 0 Å². The van der Waals surface area contributed by atoms with Crippen molar-refractivity contribution in [3.8, 4) is 22.6 Å². The summed E-state index contributed by atoms with van der Waals surface area (Å²) in [6.45, 7) is 1.94. The van der Waals surface area contributed by atoms with Crippen LogP contribution in [0.15, 0.2) is 60.0 Å². The van der Waals surface area contributed by atoms with Gasteiger partial charge in [0.2, 0.25) is 0 Å². The third-order valence-corrected chi connectivity index (χ3v) is 4.41. The summed E-state index contributed by atoms with van der Waals surface area (Å²) < 4.78 is 32.8. The Labute approximate surface area is 164 Å². The number of benzene rings is 1. The first-order valence-electron chi connectivity index (χ1n) is 8.66. The molecule has 4 aromatic rings. The van der Waals surface area contributed by atoms with Crippen LogP contribution in [0.25, 0.3) is 22.6 Å². The quantitative estimate of drug-likeness (QED) is 0.473. The lowest BCUT2D eigenvalue weighted by molar-refractivity contribution is 0.0983. The van der Waals surface area contributed by atoms with Crippen LogP contribution in [-0.2, 0) is 6.42 Å². The van der Waals surface area contributed by atoms with Crippen LogP contribution in [0.5, 0.6) is 0 Å². The molecule has 0 atom stereocenters. The number of hydrogen-bond donors (Lipinski definition) is 0. The first-order valence-corrected chi connectivity index (χ1v) is 8.66. The maximum atomic E-state index is 13.7. The molecule has 1 aromatic carbocycles. The maximum Gasteiger partial charge on any atom is 0.181 e. The zero-order valence-corrected chi connectivity index (χ0v) is 15.3. The highest BCUT2D eigenvalue weighted by molar-refractivity contribution is 5.97. The molecule has 0 spiro atoms. The van der Waals surface area contributed by atoms with Crippen molar-refractivity contribution in [3.05, 3.63) is 84.0 Å². The summed E-state index contributed by atoms with van der Waals surface area (Å²) in [5, 5.41) is 0. The van der Waals surface area contributed by atoms with Crippen molar-refractivity contribution in [2.75, 3.05) is 0 Å². The Kier molecular flexibility index (Phi) is 4.90. The monoisotopic (exact) mass is 392 g/mol. The zero-order chi connectivity index (χ0) is 20.4. The summed E-state index contributed by atoms with van der Waals surface area (Å²) in [6, 6.07) is 5.76. The molecule has 0 saturated heterocycles. The number of hydrogen-bond acceptors (Lipinski definition) is 6. The van der Waals surface area contributed by atoms with Crippen LogP contribution >= 0.6 is 0 Å². The van der Waals surface area contributed by atoms with Gasteiger partial charge in [0.1, 0.15) is 0 Å². The Balaban J connectivity index is 1.59. The van der Waals surface area contributed by atoms with E-state index in [-0.39, 0.29) is 6.42 Å². The third-order valence-electron chi connectivity index (χ3n) is 4.41. The SMILES string of the molecule is Cc1ccc(-c2cnco2)cc1-c1cnc(CC(=O)c2c(F)cncc2F)cn1. The first-order chi connectivity index (χ1) is 14.0. The van der Waals surface area contributed by atoms with E-state index in [2.05, 4.69) is 19.9 Å². The molecule has 0 aliphatic heterocycles. The number of Topliss-reactive ketones (excluding diaryl/α,β-unsaturated/α-hetero) is 1.